The number of halogens is 2. The third kappa shape index (κ3) is 6.26. The van der Waals surface area contributed by atoms with E-state index in [0.29, 0.717) is 28.6 Å². The molecule has 0 saturated carbocycles. The van der Waals surface area contributed by atoms with Crippen LogP contribution < -0.4 is 0 Å². The van der Waals surface area contributed by atoms with Gasteiger partial charge in [0.1, 0.15) is 0 Å². The Balaban J connectivity index is 2.31. The highest BCUT2D eigenvalue weighted by Crippen LogP contribution is 2.52. The summed E-state index contributed by atoms with van der Waals surface area (Å²) in [6.07, 6.45) is 3.02. The molecule has 0 aromatic heterocycles. The van der Waals surface area contributed by atoms with Crippen LogP contribution in [0.3, 0.4) is 0 Å². The fourth-order valence-electron chi connectivity index (χ4n) is 5.57. The molecule has 1 aliphatic rings. The van der Waals surface area contributed by atoms with Crippen molar-refractivity contribution >= 4 is 38.8 Å². The molecule has 1 aliphatic heterocycles. The van der Waals surface area contributed by atoms with E-state index in [-0.39, 0.29) is 35.1 Å². The van der Waals surface area contributed by atoms with Crippen molar-refractivity contribution in [3.8, 4) is 0 Å². The van der Waals surface area contributed by atoms with Gasteiger partial charge in [-0.25, -0.2) is 8.57 Å². The van der Waals surface area contributed by atoms with E-state index in [0.717, 1.165) is 11.1 Å². The molecule has 1 heterocycles. The number of carbonyl (C=O) groups is 1. The number of piperidine rings is 1. The highest BCUT2D eigenvalue weighted by atomic mass is 35.5. The summed E-state index contributed by atoms with van der Waals surface area (Å²) in [5.74, 6) is 0.413. The van der Waals surface area contributed by atoms with Gasteiger partial charge in [0.2, 0.25) is 5.91 Å². The summed E-state index contributed by atoms with van der Waals surface area (Å²) in [6.45, 7) is 14.1. The minimum Gasteiger partial charge on any atom is -0.330 e. The molecule has 37 heavy (non-hydrogen) atoms. The summed E-state index contributed by atoms with van der Waals surface area (Å²) in [6, 6.07) is 15.1. The van der Waals surface area contributed by atoms with Gasteiger partial charge in [-0.3, -0.25) is 4.79 Å². The van der Waals surface area contributed by atoms with Crippen LogP contribution in [0, 0.1) is 11.3 Å². The highest BCUT2D eigenvalue weighted by Gasteiger charge is 2.52. The third-order valence-electron chi connectivity index (χ3n) is 7.77. The van der Waals surface area contributed by atoms with E-state index < -0.39 is 15.1 Å². The van der Waals surface area contributed by atoms with E-state index in [4.69, 9.17) is 23.2 Å². The average molecular weight is 564 g/mol. The van der Waals surface area contributed by atoms with Crippen molar-refractivity contribution in [2.75, 3.05) is 12.8 Å². The SMILES string of the molecule is C=CC[C@@]1(C)C[C@H](c2cccc(Cl)c2)[C@@H](c2ccc(Cl)cc2)N([C@H](CS(=O)(=NC)C(C)C)C(C)C)C1=O. The maximum atomic E-state index is 14.5. The van der Waals surface area contributed by atoms with E-state index in [1.807, 2.05) is 74.2 Å². The molecule has 202 valence electrons. The number of hydrogen-bond donors (Lipinski definition) is 0. The van der Waals surface area contributed by atoms with Crippen LogP contribution in [0.2, 0.25) is 10.0 Å². The number of likely N-dealkylation sites (tertiary alicyclic amines) is 1. The Morgan fingerprint density at radius 3 is 2.27 bits per heavy atom. The molecule has 1 saturated heterocycles. The zero-order valence-electron chi connectivity index (χ0n) is 22.8. The first-order chi connectivity index (χ1) is 17.4. The van der Waals surface area contributed by atoms with Crippen molar-refractivity contribution in [1.82, 2.24) is 4.90 Å². The highest BCUT2D eigenvalue weighted by molar-refractivity contribution is 7.94. The number of amides is 1. The Hall–Kier alpha value is -1.82. The van der Waals surface area contributed by atoms with Crippen molar-refractivity contribution < 1.29 is 9.00 Å². The molecule has 0 bridgehead atoms. The number of allylic oxidation sites excluding steroid dienone is 1. The lowest BCUT2D eigenvalue weighted by atomic mass is 9.67. The van der Waals surface area contributed by atoms with Crippen LogP contribution in [-0.4, -0.2) is 39.1 Å². The smallest absolute Gasteiger partial charge is 0.229 e. The zero-order valence-corrected chi connectivity index (χ0v) is 25.1. The van der Waals surface area contributed by atoms with Gasteiger partial charge in [-0.1, -0.05) is 88.2 Å². The van der Waals surface area contributed by atoms with Gasteiger partial charge >= 0.3 is 0 Å². The lowest BCUT2D eigenvalue weighted by molar-refractivity contribution is -0.155. The molecule has 1 amide bonds. The largest absolute Gasteiger partial charge is 0.330 e. The van der Waals surface area contributed by atoms with Gasteiger partial charge in [0.05, 0.1) is 26.9 Å². The van der Waals surface area contributed by atoms with Crippen LogP contribution in [0.1, 0.15) is 70.5 Å². The number of rotatable bonds is 9. The molecule has 0 spiro atoms. The lowest BCUT2D eigenvalue weighted by Gasteiger charge is -2.53. The standard InChI is InChI=1S/C30H40Cl2N2O2S/c1-8-16-30(6)18-26(23-10-9-11-25(32)17-23)28(22-12-14-24(31)15-13-22)34(29(30)35)27(20(2)3)19-37(36,33-7)21(4)5/h8-15,17,20-21,26-28H,1,16,18-19H2,2-7H3/t26-,27-,28-,30+,37?/m1/s1. The van der Waals surface area contributed by atoms with Crippen molar-refractivity contribution in [1.29, 1.82) is 0 Å². The van der Waals surface area contributed by atoms with Gasteiger partial charge in [-0.15, -0.1) is 6.58 Å². The van der Waals surface area contributed by atoms with Crippen LogP contribution in [0.4, 0.5) is 0 Å². The maximum absolute atomic E-state index is 14.5. The molecule has 1 fully saturated rings. The molecular weight excluding hydrogens is 523 g/mol. The topological polar surface area (TPSA) is 49.7 Å². The molecule has 0 radical (unpaired) electrons. The van der Waals surface area contributed by atoms with E-state index >= 15 is 0 Å². The molecule has 5 atom stereocenters. The molecule has 2 aromatic carbocycles. The predicted octanol–water partition coefficient (Wildman–Crippen LogP) is 8.16. The van der Waals surface area contributed by atoms with Crippen molar-refractivity contribution in [2.45, 2.75) is 70.7 Å². The molecule has 7 heteroatoms. The first kappa shape index (κ1) is 29.7. The quantitative estimate of drug-likeness (QED) is 0.289. The second-order valence-corrected chi connectivity index (χ2v) is 14.9. The summed E-state index contributed by atoms with van der Waals surface area (Å²) in [5, 5.41) is 1.17. The normalized spacial score (nSPS) is 24.7. The molecule has 1 unspecified atom stereocenters. The summed E-state index contributed by atoms with van der Waals surface area (Å²) in [4.78, 5) is 16.6. The Morgan fingerprint density at radius 1 is 1.11 bits per heavy atom. The van der Waals surface area contributed by atoms with Crippen LogP contribution in [0.15, 0.2) is 65.5 Å². The van der Waals surface area contributed by atoms with Crippen LogP contribution >= 0.6 is 23.2 Å². The number of hydrogen-bond acceptors (Lipinski definition) is 3. The summed E-state index contributed by atoms with van der Waals surface area (Å²) in [7, 11) is -0.913. The Morgan fingerprint density at radius 2 is 1.76 bits per heavy atom. The molecule has 2 aromatic rings. The fourth-order valence-corrected chi connectivity index (χ4v) is 7.88. The van der Waals surface area contributed by atoms with E-state index in [9.17, 15) is 9.00 Å². The Bertz CT molecular complexity index is 1230. The molecule has 3 rings (SSSR count). The van der Waals surface area contributed by atoms with Crippen LogP contribution in [0.5, 0.6) is 0 Å². The van der Waals surface area contributed by atoms with Crippen molar-refractivity contribution in [3.63, 3.8) is 0 Å². The number of carbonyl (C=O) groups excluding carboxylic acids is 1. The van der Waals surface area contributed by atoms with E-state index in [2.05, 4.69) is 30.9 Å². The molecule has 0 aliphatic carbocycles. The fraction of sp³-hybridized carbons (Fsp3) is 0.500. The van der Waals surface area contributed by atoms with Gasteiger partial charge in [0, 0.05) is 34.3 Å². The van der Waals surface area contributed by atoms with Crippen LogP contribution in [-0.2, 0) is 14.5 Å². The van der Waals surface area contributed by atoms with Gasteiger partial charge in [0.25, 0.3) is 0 Å². The van der Waals surface area contributed by atoms with Gasteiger partial charge < -0.3 is 4.90 Å². The Kier molecular flexibility index (Phi) is 9.58. The molecule has 4 nitrogen and oxygen atoms in total. The zero-order chi connectivity index (χ0) is 27.5. The maximum Gasteiger partial charge on any atom is 0.229 e. The van der Waals surface area contributed by atoms with Gasteiger partial charge in [0.15, 0.2) is 0 Å². The molecular formula is C30H40Cl2N2O2S. The summed E-state index contributed by atoms with van der Waals surface area (Å²) >= 11 is 12.7. The monoisotopic (exact) mass is 562 g/mol. The summed E-state index contributed by atoms with van der Waals surface area (Å²) in [5.41, 5.74) is 1.42. The summed E-state index contributed by atoms with van der Waals surface area (Å²) < 4.78 is 18.3. The number of nitrogens with zero attached hydrogens (tertiary/aromatic N) is 2. The average Bonchev–Trinajstić information content (AvgIpc) is 2.84. The van der Waals surface area contributed by atoms with Crippen molar-refractivity contribution in [3.05, 3.63) is 82.4 Å². The first-order valence-electron chi connectivity index (χ1n) is 12.9. The van der Waals surface area contributed by atoms with Crippen LogP contribution in [0.25, 0.3) is 0 Å². The van der Waals surface area contributed by atoms with Gasteiger partial charge in [-0.05, 0) is 54.2 Å². The Labute approximate surface area is 233 Å². The minimum atomic E-state index is -2.54. The second-order valence-electron chi connectivity index (χ2n) is 11.0. The van der Waals surface area contributed by atoms with E-state index in [1.165, 1.54) is 0 Å². The second kappa shape index (κ2) is 11.9. The number of benzene rings is 2. The van der Waals surface area contributed by atoms with Crippen molar-refractivity contribution in [2.24, 2.45) is 15.7 Å². The predicted molar refractivity (Wildman–Crippen MR) is 158 cm³/mol. The van der Waals surface area contributed by atoms with E-state index in [1.54, 1.807) is 7.05 Å². The third-order valence-corrected chi connectivity index (χ3v) is 11.2. The first-order valence-corrected chi connectivity index (χ1v) is 15.4. The minimum absolute atomic E-state index is 0.0301. The lowest BCUT2D eigenvalue weighted by Crippen LogP contribution is -2.58. The van der Waals surface area contributed by atoms with Gasteiger partial charge in [-0.2, -0.15) is 0 Å². The molecule has 0 N–H and O–H groups in total.